The number of aryl methyl sites for hydroxylation is 2. The van der Waals surface area contributed by atoms with E-state index in [1.54, 1.807) is 13.4 Å². The molecule has 9 heteroatoms. The molecule has 2 heterocycles. The predicted molar refractivity (Wildman–Crippen MR) is 98.5 cm³/mol. The number of hydrogen-bond donors (Lipinski definition) is 1. The van der Waals surface area contributed by atoms with E-state index in [1.165, 1.54) is 0 Å². The lowest BCUT2D eigenvalue weighted by atomic mass is 10.4. The lowest BCUT2D eigenvalue weighted by molar-refractivity contribution is 0.460. The minimum Gasteiger partial charge on any atom is -0.351 e. The van der Waals surface area contributed by atoms with Gasteiger partial charge in [-0.15, -0.1) is 34.2 Å². The van der Waals surface area contributed by atoms with Crippen LogP contribution >= 0.6 is 35.6 Å². The maximum atomic E-state index is 6.01. The first kappa shape index (κ1) is 18.8. The molecule has 2 rings (SSSR count). The van der Waals surface area contributed by atoms with E-state index in [0.29, 0.717) is 13.1 Å². The quantitative estimate of drug-likeness (QED) is 0.449. The molecule has 0 aliphatic rings. The molecule has 2 aromatic heterocycles. The lowest BCUT2D eigenvalue weighted by Gasteiger charge is -2.22. The minimum atomic E-state index is 0. The molecule has 0 bridgehead atoms. The summed E-state index contributed by atoms with van der Waals surface area (Å²) >= 11 is 6.01. The van der Waals surface area contributed by atoms with Crippen molar-refractivity contribution in [3.05, 3.63) is 35.1 Å². The zero-order chi connectivity index (χ0) is 15.4. The highest BCUT2D eigenvalue weighted by Gasteiger charge is 2.10. The molecule has 1 N–H and O–H groups in total. The molecule has 7 nitrogen and oxygen atoms in total. The van der Waals surface area contributed by atoms with Gasteiger partial charge in [-0.05, 0) is 6.07 Å². The van der Waals surface area contributed by atoms with Gasteiger partial charge < -0.3 is 19.4 Å². The Labute approximate surface area is 152 Å². The Balaban J connectivity index is 0.00000242. The summed E-state index contributed by atoms with van der Waals surface area (Å²) in [6.07, 6.45) is 3.57. The second-order valence-corrected chi connectivity index (χ2v) is 5.31. The number of nitrogens with zero attached hydrogens (tertiary/aromatic N) is 6. The van der Waals surface area contributed by atoms with Crippen molar-refractivity contribution in [3.63, 3.8) is 0 Å². The molecular weight excluding hydrogens is 417 g/mol. The van der Waals surface area contributed by atoms with Crippen LogP contribution < -0.4 is 5.32 Å². The molecule has 0 aliphatic carbocycles. The van der Waals surface area contributed by atoms with Crippen LogP contribution in [0.5, 0.6) is 0 Å². The highest BCUT2D eigenvalue weighted by atomic mass is 127. The average Bonchev–Trinajstić information content (AvgIpc) is 2.97. The first-order valence-electron chi connectivity index (χ1n) is 6.56. The van der Waals surface area contributed by atoms with Gasteiger partial charge in [-0.3, -0.25) is 4.99 Å². The molecule has 0 fully saturated rings. The molecule has 22 heavy (non-hydrogen) atoms. The summed E-state index contributed by atoms with van der Waals surface area (Å²) < 4.78 is 3.88. The predicted octanol–water partition coefficient (Wildman–Crippen LogP) is 1.63. The van der Waals surface area contributed by atoms with Crippen molar-refractivity contribution in [1.82, 2.24) is 29.5 Å². The molecule has 0 aromatic carbocycles. The van der Waals surface area contributed by atoms with Gasteiger partial charge >= 0.3 is 0 Å². The third kappa shape index (κ3) is 4.60. The molecule has 0 amide bonds. The minimum absolute atomic E-state index is 0. The molecule has 2 aromatic rings. The monoisotopic (exact) mass is 437 g/mol. The molecule has 0 saturated heterocycles. The maximum Gasteiger partial charge on any atom is 0.194 e. The van der Waals surface area contributed by atoms with Gasteiger partial charge in [0.15, 0.2) is 11.8 Å². The molecule has 0 atom stereocenters. The van der Waals surface area contributed by atoms with E-state index in [2.05, 4.69) is 20.5 Å². The van der Waals surface area contributed by atoms with E-state index in [4.69, 9.17) is 11.6 Å². The van der Waals surface area contributed by atoms with E-state index >= 15 is 0 Å². The number of hydrogen-bond acceptors (Lipinski definition) is 3. The molecule has 0 spiro atoms. The first-order chi connectivity index (χ1) is 10.0. The van der Waals surface area contributed by atoms with Crippen molar-refractivity contribution in [2.24, 2.45) is 19.1 Å². The summed E-state index contributed by atoms with van der Waals surface area (Å²) in [5.74, 6) is 1.64. The Morgan fingerprint density at radius 1 is 1.41 bits per heavy atom. The molecule has 0 aliphatic heterocycles. The van der Waals surface area contributed by atoms with Gasteiger partial charge in [-0.2, -0.15) is 0 Å². The number of guanidine groups is 1. The smallest absolute Gasteiger partial charge is 0.194 e. The van der Waals surface area contributed by atoms with E-state index in [1.807, 2.05) is 47.4 Å². The zero-order valence-electron chi connectivity index (χ0n) is 13.1. The zero-order valence-corrected chi connectivity index (χ0v) is 16.2. The van der Waals surface area contributed by atoms with Gasteiger partial charge in [0.1, 0.15) is 6.33 Å². The van der Waals surface area contributed by atoms with Crippen LogP contribution in [0.15, 0.2) is 23.6 Å². The maximum absolute atomic E-state index is 6.01. The van der Waals surface area contributed by atoms with Crippen LogP contribution in [0.1, 0.15) is 11.5 Å². The Bertz CT molecular complexity index is 634. The fraction of sp³-hybridized carbons (Fsp3) is 0.462. The van der Waals surface area contributed by atoms with Crippen molar-refractivity contribution in [3.8, 4) is 0 Å². The van der Waals surface area contributed by atoms with Crippen molar-refractivity contribution in [2.45, 2.75) is 13.1 Å². The molecule has 122 valence electrons. The number of aromatic nitrogens is 4. The van der Waals surface area contributed by atoms with Crippen LogP contribution in [0.25, 0.3) is 0 Å². The summed E-state index contributed by atoms with van der Waals surface area (Å²) in [7, 11) is 7.63. The largest absolute Gasteiger partial charge is 0.351 e. The van der Waals surface area contributed by atoms with E-state index in [9.17, 15) is 0 Å². The Hall–Kier alpha value is -1.29. The standard InChI is InChI=1S/C13H20ClN7.HI/c1-15-13(16-6-12-18-17-9-21(12)4)20(3)8-11-5-10(14)7-19(11)2;/h5,7,9H,6,8H2,1-4H3,(H,15,16);1H. The van der Waals surface area contributed by atoms with Gasteiger partial charge in [0.25, 0.3) is 0 Å². The van der Waals surface area contributed by atoms with Crippen LogP contribution in [0, 0.1) is 0 Å². The van der Waals surface area contributed by atoms with Crippen molar-refractivity contribution >= 4 is 41.5 Å². The number of aliphatic imine (C=N–C) groups is 1. The average molecular weight is 438 g/mol. The van der Waals surface area contributed by atoms with E-state index < -0.39 is 0 Å². The van der Waals surface area contributed by atoms with Crippen LogP contribution in [-0.4, -0.2) is 44.3 Å². The number of rotatable bonds is 4. The summed E-state index contributed by atoms with van der Waals surface area (Å²) in [5.41, 5.74) is 1.11. The fourth-order valence-electron chi connectivity index (χ4n) is 2.05. The van der Waals surface area contributed by atoms with E-state index in [-0.39, 0.29) is 24.0 Å². The second-order valence-electron chi connectivity index (χ2n) is 4.88. The van der Waals surface area contributed by atoms with Crippen molar-refractivity contribution < 1.29 is 0 Å². The van der Waals surface area contributed by atoms with Gasteiger partial charge in [0.2, 0.25) is 0 Å². The highest BCUT2D eigenvalue weighted by molar-refractivity contribution is 14.0. The topological polar surface area (TPSA) is 63.3 Å². The number of halogens is 2. The molecule has 0 radical (unpaired) electrons. The Morgan fingerprint density at radius 3 is 2.64 bits per heavy atom. The van der Waals surface area contributed by atoms with Crippen LogP contribution in [0.2, 0.25) is 5.02 Å². The molecular formula is C13H21ClIN7. The summed E-state index contributed by atoms with van der Waals surface area (Å²) in [5, 5.41) is 11.9. The first-order valence-corrected chi connectivity index (χ1v) is 6.94. The van der Waals surface area contributed by atoms with E-state index in [0.717, 1.165) is 22.5 Å². The highest BCUT2D eigenvalue weighted by Crippen LogP contribution is 2.14. The van der Waals surface area contributed by atoms with Crippen molar-refractivity contribution in [2.75, 3.05) is 14.1 Å². The van der Waals surface area contributed by atoms with Gasteiger partial charge in [0, 0.05) is 40.1 Å². The molecule has 0 unspecified atom stereocenters. The van der Waals surface area contributed by atoms with Crippen LogP contribution in [0.4, 0.5) is 0 Å². The normalized spacial score (nSPS) is 11.2. The van der Waals surface area contributed by atoms with Gasteiger partial charge in [0.05, 0.1) is 18.1 Å². The lowest BCUT2D eigenvalue weighted by Crippen LogP contribution is -2.38. The third-order valence-corrected chi connectivity index (χ3v) is 3.46. The summed E-state index contributed by atoms with van der Waals surface area (Å²) in [4.78, 5) is 6.31. The fourth-order valence-corrected chi connectivity index (χ4v) is 2.32. The Kier molecular flexibility index (Phi) is 7.14. The van der Waals surface area contributed by atoms with Crippen LogP contribution in [-0.2, 0) is 27.2 Å². The van der Waals surface area contributed by atoms with Crippen LogP contribution in [0.3, 0.4) is 0 Å². The second kappa shape index (κ2) is 8.37. The SMILES string of the molecule is CN=C(NCc1nncn1C)N(C)Cc1cc(Cl)cn1C.I. The number of nitrogens with one attached hydrogen (secondary N) is 1. The van der Waals surface area contributed by atoms with Gasteiger partial charge in [-0.1, -0.05) is 11.6 Å². The van der Waals surface area contributed by atoms with Crippen molar-refractivity contribution in [1.29, 1.82) is 0 Å². The summed E-state index contributed by atoms with van der Waals surface area (Å²) in [6, 6.07) is 1.95. The Morgan fingerprint density at radius 2 is 2.14 bits per heavy atom. The third-order valence-electron chi connectivity index (χ3n) is 3.26. The van der Waals surface area contributed by atoms with Gasteiger partial charge in [-0.25, -0.2) is 0 Å². The molecule has 0 saturated carbocycles. The summed E-state index contributed by atoms with van der Waals surface area (Å²) in [6.45, 7) is 1.28.